The highest BCUT2D eigenvalue weighted by Crippen LogP contribution is 2.26. The van der Waals surface area contributed by atoms with Crippen LogP contribution in [0.25, 0.3) is 0 Å². The summed E-state index contributed by atoms with van der Waals surface area (Å²) in [5, 5.41) is 9.90. The molecule has 110 valence electrons. The van der Waals surface area contributed by atoms with Crippen molar-refractivity contribution in [2.45, 2.75) is 25.0 Å². The van der Waals surface area contributed by atoms with Crippen LogP contribution in [0.2, 0.25) is 0 Å². The van der Waals surface area contributed by atoms with E-state index in [9.17, 15) is 5.11 Å². The Morgan fingerprint density at radius 1 is 1.35 bits per heavy atom. The summed E-state index contributed by atoms with van der Waals surface area (Å²) in [5.41, 5.74) is 2.04. The molecular weight excluding hydrogens is 254 g/mol. The van der Waals surface area contributed by atoms with Gasteiger partial charge in [0.05, 0.1) is 32.5 Å². The first-order valence-electron chi connectivity index (χ1n) is 7.34. The van der Waals surface area contributed by atoms with Crippen LogP contribution in [0, 0.1) is 6.92 Å². The van der Waals surface area contributed by atoms with Crippen LogP contribution in [0.4, 0.5) is 0 Å². The quantitative estimate of drug-likeness (QED) is 0.891. The maximum Gasteiger partial charge on any atom is 0.108 e. The molecule has 1 aromatic rings. The minimum absolute atomic E-state index is 0.0609. The Bertz CT molecular complexity index is 461. The maximum absolute atomic E-state index is 9.90. The fraction of sp³-hybridized carbons (Fsp3) is 0.625. The minimum atomic E-state index is -0.472. The summed E-state index contributed by atoms with van der Waals surface area (Å²) in [6.45, 7) is 6.20. The number of aliphatic hydroxyl groups is 1. The van der Waals surface area contributed by atoms with Gasteiger partial charge in [-0.3, -0.25) is 4.90 Å². The molecule has 0 radical (unpaired) electrons. The van der Waals surface area contributed by atoms with Gasteiger partial charge in [0, 0.05) is 19.5 Å². The van der Waals surface area contributed by atoms with Crippen molar-refractivity contribution in [1.82, 2.24) is 4.90 Å². The van der Waals surface area contributed by atoms with Crippen molar-refractivity contribution in [3.8, 4) is 0 Å². The Kier molecular flexibility index (Phi) is 4.08. The molecule has 2 fully saturated rings. The van der Waals surface area contributed by atoms with Gasteiger partial charge in [-0.05, 0) is 18.1 Å². The molecule has 20 heavy (non-hydrogen) atoms. The molecule has 0 spiro atoms. The molecule has 2 saturated heterocycles. The van der Waals surface area contributed by atoms with E-state index in [1.54, 1.807) is 0 Å². The van der Waals surface area contributed by atoms with Gasteiger partial charge in [-0.1, -0.05) is 24.3 Å². The smallest absolute Gasteiger partial charge is 0.108 e. The third kappa shape index (κ3) is 2.74. The molecule has 1 atom stereocenters. The number of aliphatic hydroxyl groups excluding tert-OH is 1. The van der Waals surface area contributed by atoms with Crippen molar-refractivity contribution >= 4 is 0 Å². The van der Waals surface area contributed by atoms with E-state index >= 15 is 0 Å². The monoisotopic (exact) mass is 277 g/mol. The van der Waals surface area contributed by atoms with Gasteiger partial charge < -0.3 is 14.6 Å². The highest BCUT2D eigenvalue weighted by atomic mass is 16.5. The Morgan fingerprint density at radius 3 is 2.80 bits per heavy atom. The Balaban J connectivity index is 1.74. The Hall–Kier alpha value is -0.940. The summed E-state index contributed by atoms with van der Waals surface area (Å²) in [4.78, 5) is 2.40. The van der Waals surface area contributed by atoms with Gasteiger partial charge >= 0.3 is 0 Å². The van der Waals surface area contributed by atoms with Crippen LogP contribution in [-0.2, 0) is 15.9 Å². The lowest BCUT2D eigenvalue weighted by atomic mass is 9.90. The Morgan fingerprint density at radius 2 is 2.15 bits per heavy atom. The molecule has 2 aliphatic heterocycles. The van der Waals surface area contributed by atoms with Gasteiger partial charge in [-0.15, -0.1) is 0 Å². The minimum Gasteiger partial charge on any atom is -0.393 e. The third-order valence-corrected chi connectivity index (χ3v) is 4.48. The number of ether oxygens (including phenoxy) is 2. The van der Waals surface area contributed by atoms with Gasteiger partial charge in [0.25, 0.3) is 0 Å². The molecule has 2 aliphatic rings. The van der Waals surface area contributed by atoms with Crippen LogP contribution >= 0.6 is 0 Å². The average molecular weight is 277 g/mol. The maximum atomic E-state index is 9.90. The van der Waals surface area contributed by atoms with Crippen LogP contribution in [0.1, 0.15) is 11.1 Å². The van der Waals surface area contributed by atoms with Crippen LogP contribution in [0.5, 0.6) is 0 Å². The molecule has 3 rings (SSSR count). The standard InChI is InChI=1S/C16H23NO3/c1-13-4-2-3-5-14(13)8-16(12-18)11-17(6-7-20-16)15-9-19-10-15/h2-5,15,18H,6-12H2,1H3. The first-order valence-corrected chi connectivity index (χ1v) is 7.34. The summed E-state index contributed by atoms with van der Waals surface area (Å²) in [7, 11) is 0. The predicted octanol–water partition coefficient (Wildman–Crippen LogP) is 1.000. The lowest BCUT2D eigenvalue weighted by Crippen LogP contribution is -2.61. The van der Waals surface area contributed by atoms with E-state index in [1.165, 1.54) is 11.1 Å². The number of aryl methyl sites for hydroxylation is 1. The van der Waals surface area contributed by atoms with Gasteiger partial charge in [0.2, 0.25) is 0 Å². The van der Waals surface area contributed by atoms with E-state index in [0.29, 0.717) is 12.6 Å². The topological polar surface area (TPSA) is 41.9 Å². The average Bonchev–Trinajstić information content (AvgIpc) is 2.40. The SMILES string of the molecule is Cc1ccccc1CC1(CO)CN(C2COC2)CCO1. The molecule has 0 amide bonds. The number of nitrogens with zero attached hydrogens (tertiary/aromatic N) is 1. The summed E-state index contributed by atoms with van der Waals surface area (Å²) < 4.78 is 11.3. The van der Waals surface area contributed by atoms with E-state index in [1.807, 2.05) is 12.1 Å². The second kappa shape index (κ2) is 5.82. The molecule has 1 N–H and O–H groups in total. The van der Waals surface area contributed by atoms with Crippen molar-refractivity contribution in [3.05, 3.63) is 35.4 Å². The van der Waals surface area contributed by atoms with Crippen molar-refractivity contribution in [1.29, 1.82) is 0 Å². The fourth-order valence-electron chi connectivity index (χ4n) is 3.03. The number of benzene rings is 1. The molecule has 2 heterocycles. The van der Waals surface area contributed by atoms with Crippen molar-refractivity contribution in [3.63, 3.8) is 0 Å². The van der Waals surface area contributed by atoms with Crippen molar-refractivity contribution in [2.75, 3.05) is 39.5 Å². The number of rotatable bonds is 4. The largest absolute Gasteiger partial charge is 0.393 e. The second-order valence-corrected chi connectivity index (χ2v) is 5.95. The van der Waals surface area contributed by atoms with Crippen LogP contribution in [0.3, 0.4) is 0 Å². The zero-order chi connectivity index (χ0) is 14.0. The summed E-state index contributed by atoms with van der Waals surface area (Å²) >= 11 is 0. The van der Waals surface area contributed by atoms with E-state index < -0.39 is 5.60 Å². The lowest BCUT2D eigenvalue weighted by molar-refractivity contribution is -0.168. The highest BCUT2D eigenvalue weighted by molar-refractivity contribution is 5.27. The van der Waals surface area contributed by atoms with Crippen LogP contribution < -0.4 is 0 Å². The highest BCUT2D eigenvalue weighted by Gasteiger charge is 2.40. The lowest BCUT2D eigenvalue weighted by Gasteiger charge is -2.47. The molecule has 4 nitrogen and oxygen atoms in total. The molecule has 1 unspecified atom stereocenters. The molecular formula is C16H23NO3. The van der Waals surface area contributed by atoms with Gasteiger partial charge in [0.15, 0.2) is 0 Å². The van der Waals surface area contributed by atoms with E-state index in [0.717, 1.165) is 32.7 Å². The molecule has 0 aliphatic carbocycles. The number of hydrogen-bond acceptors (Lipinski definition) is 4. The fourth-order valence-corrected chi connectivity index (χ4v) is 3.03. The third-order valence-electron chi connectivity index (χ3n) is 4.48. The van der Waals surface area contributed by atoms with Crippen molar-refractivity contribution < 1.29 is 14.6 Å². The molecule has 4 heteroatoms. The second-order valence-electron chi connectivity index (χ2n) is 5.95. The normalized spacial score (nSPS) is 28.3. The number of morpholine rings is 1. The summed E-state index contributed by atoms with van der Waals surface area (Å²) in [6.07, 6.45) is 0.764. The van der Waals surface area contributed by atoms with E-state index in [4.69, 9.17) is 9.47 Å². The zero-order valence-corrected chi connectivity index (χ0v) is 12.0. The van der Waals surface area contributed by atoms with E-state index in [2.05, 4.69) is 24.0 Å². The summed E-state index contributed by atoms with van der Waals surface area (Å²) in [6, 6.07) is 8.84. The molecule has 0 bridgehead atoms. The Labute approximate surface area is 120 Å². The van der Waals surface area contributed by atoms with E-state index in [-0.39, 0.29) is 6.61 Å². The zero-order valence-electron chi connectivity index (χ0n) is 12.0. The van der Waals surface area contributed by atoms with Gasteiger partial charge in [0.1, 0.15) is 5.60 Å². The molecule has 0 saturated carbocycles. The first kappa shape index (κ1) is 14.0. The van der Waals surface area contributed by atoms with Crippen molar-refractivity contribution in [2.24, 2.45) is 0 Å². The molecule has 1 aromatic carbocycles. The van der Waals surface area contributed by atoms with Crippen LogP contribution in [-0.4, -0.2) is 61.2 Å². The van der Waals surface area contributed by atoms with Crippen LogP contribution in [0.15, 0.2) is 24.3 Å². The predicted molar refractivity (Wildman–Crippen MR) is 76.8 cm³/mol. The summed E-state index contributed by atoms with van der Waals surface area (Å²) in [5.74, 6) is 0. The molecule has 0 aromatic heterocycles. The first-order chi connectivity index (χ1) is 9.72. The van der Waals surface area contributed by atoms with Gasteiger partial charge in [-0.25, -0.2) is 0 Å². The van der Waals surface area contributed by atoms with Gasteiger partial charge in [-0.2, -0.15) is 0 Å². The number of hydrogen-bond donors (Lipinski definition) is 1.